The Labute approximate surface area is 115 Å². The minimum atomic E-state index is 0.151. The van der Waals surface area contributed by atoms with Crippen molar-refractivity contribution >= 4 is 29.1 Å². The van der Waals surface area contributed by atoms with Gasteiger partial charge in [-0.15, -0.1) is 11.8 Å². The number of nitrogens with zero attached hydrogens (tertiary/aromatic N) is 2. The second-order valence-electron chi connectivity index (χ2n) is 3.92. The van der Waals surface area contributed by atoms with Crippen molar-refractivity contribution in [2.75, 3.05) is 5.75 Å². The number of hydrogen-bond acceptors (Lipinski definition) is 3. The van der Waals surface area contributed by atoms with E-state index in [-0.39, 0.29) is 5.78 Å². The molecule has 0 fully saturated rings. The van der Waals surface area contributed by atoms with E-state index in [4.69, 9.17) is 11.6 Å². The van der Waals surface area contributed by atoms with Gasteiger partial charge in [0.25, 0.3) is 0 Å². The fourth-order valence-corrected chi connectivity index (χ4v) is 2.63. The predicted molar refractivity (Wildman–Crippen MR) is 74.1 cm³/mol. The van der Waals surface area contributed by atoms with Crippen LogP contribution < -0.4 is 0 Å². The number of thioether (sulfide) groups is 1. The molecular formula is C13H13ClN2OS. The van der Waals surface area contributed by atoms with Crippen molar-refractivity contribution in [2.45, 2.75) is 11.3 Å². The first-order valence-electron chi connectivity index (χ1n) is 5.52. The molecule has 0 radical (unpaired) electrons. The van der Waals surface area contributed by atoms with Gasteiger partial charge in [0.15, 0.2) is 0 Å². The third kappa shape index (κ3) is 3.62. The van der Waals surface area contributed by atoms with Gasteiger partial charge in [-0.25, -0.2) is 0 Å². The van der Waals surface area contributed by atoms with Crippen LogP contribution in [0.1, 0.15) is 5.69 Å². The van der Waals surface area contributed by atoms with Gasteiger partial charge in [0.2, 0.25) is 0 Å². The number of aryl methyl sites for hydroxylation is 1. The molecule has 0 saturated heterocycles. The molecule has 0 aliphatic heterocycles. The average molecular weight is 281 g/mol. The minimum Gasteiger partial charge on any atom is -0.298 e. The predicted octanol–water partition coefficient (Wildman–Crippen LogP) is 2.98. The summed E-state index contributed by atoms with van der Waals surface area (Å²) in [5.74, 6) is 0.568. The van der Waals surface area contributed by atoms with E-state index in [0.29, 0.717) is 17.2 Å². The fraction of sp³-hybridized carbons (Fsp3) is 0.231. The van der Waals surface area contributed by atoms with Crippen LogP contribution >= 0.6 is 23.4 Å². The molecule has 2 aromatic rings. The first-order valence-corrected chi connectivity index (χ1v) is 6.89. The standard InChI is InChI=1S/C13H13ClN2OS/c1-16-7-6-10(15-16)8-11(17)9-18-13-5-3-2-4-12(13)14/h2-7H,8-9H2,1H3. The first kappa shape index (κ1) is 13.2. The van der Waals surface area contributed by atoms with Gasteiger partial charge < -0.3 is 0 Å². The lowest BCUT2D eigenvalue weighted by Crippen LogP contribution is -2.06. The van der Waals surface area contributed by atoms with Gasteiger partial charge in [0.1, 0.15) is 5.78 Å². The van der Waals surface area contributed by atoms with Crippen molar-refractivity contribution in [3.8, 4) is 0 Å². The number of carbonyl (C=O) groups excluding carboxylic acids is 1. The first-order chi connectivity index (χ1) is 8.65. The highest BCUT2D eigenvalue weighted by atomic mass is 35.5. The van der Waals surface area contributed by atoms with Crippen molar-refractivity contribution in [2.24, 2.45) is 7.05 Å². The molecule has 94 valence electrons. The Morgan fingerprint density at radius 1 is 1.39 bits per heavy atom. The van der Waals surface area contributed by atoms with Crippen molar-refractivity contribution < 1.29 is 4.79 Å². The summed E-state index contributed by atoms with van der Waals surface area (Å²) in [5, 5.41) is 4.87. The summed E-state index contributed by atoms with van der Waals surface area (Å²) in [6.45, 7) is 0. The molecule has 0 unspecified atom stereocenters. The molecule has 1 aromatic carbocycles. The van der Waals surface area contributed by atoms with Crippen molar-refractivity contribution in [3.63, 3.8) is 0 Å². The third-order valence-electron chi connectivity index (χ3n) is 2.37. The van der Waals surface area contributed by atoms with E-state index in [9.17, 15) is 4.79 Å². The number of carbonyl (C=O) groups is 1. The van der Waals surface area contributed by atoms with E-state index in [1.165, 1.54) is 11.8 Å². The number of benzene rings is 1. The normalized spacial score (nSPS) is 10.6. The highest BCUT2D eigenvalue weighted by Gasteiger charge is 2.08. The van der Waals surface area contributed by atoms with Gasteiger partial charge in [0, 0.05) is 18.1 Å². The van der Waals surface area contributed by atoms with Crippen LogP contribution in [-0.4, -0.2) is 21.3 Å². The van der Waals surface area contributed by atoms with E-state index >= 15 is 0 Å². The Hall–Kier alpha value is -1.26. The summed E-state index contributed by atoms with van der Waals surface area (Å²) in [6.07, 6.45) is 2.21. The lowest BCUT2D eigenvalue weighted by atomic mass is 10.2. The van der Waals surface area contributed by atoms with Gasteiger partial charge in [-0.05, 0) is 18.2 Å². The SMILES string of the molecule is Cn1ccc(CC(=O)CSc2ccccc2Cl)n1. The van der Waals surface area contributed by atoms with Gasteiger partial charge >= 0.3 is 0 Å². The Bertz CT molecular complexity index is 553. The second-order valence-corrected chi connectivity index (χ2v) is 5.34. The number of rotatable bonds is 5. The van der Waals surface area contributed by atoms with Crippen LogP contribution in [0.4, 0.5) is 0 Å². The largest absolute Gasteiger partial charge is 0.298 e. The zero-order valence-corrected chi connectivity index (χ0v) is 11.5. The number of aromatic nitrogens is 2. The molecule has 0 N–H and O–H groups in total. The van der Waals surface area contributed by atoms with E-state index in [1.807, 2.05) is 43.6 Å². The topological polar surface area (TPSA) is 34.9 Å². The molecule has 0 atom stereocenters. The average Bonchev–Trinajstić information content (AvgIpc) is 2.74. The summed E-state index contributed by atoms with van der Waals surface area (Å²) in [7, 11) is 1.84. The summed E-state index contributed by atoms with van der Waals surface area (Å²) < 4.78 is 1.70. The Morgan fingerprint density at radius 3 is 2.83 bits per heavy atom. The lowest BCUT2D eigenvalue weighted by Gasteiger charge is -2.02. The summed E-state index contributed by atoms with van der Waals surface area (Å²) in [4.78, 5) is 12.7. The molecule has 0 amide bonds. The van der Waals surface area contributed by atoms with Gasteiger partial charge in [-0.1, -0.05) is 23.7 Å². The zero-order chi connectivity index (χ0) is 13.0. The molecule has 3 nitrogen and oxygen atoms in total. The molecule has 0 spiro atoms. The molecule has 1 heterocycles. The van der Waals surface area contributed by atoms with Gasteiger partial charge in [-0.2, -0.15) is 5.10 Å². The third-order valence-corrected chi connectivity index (χ3v) is 3.95. The van der Waals surface area contributed by atoms with Crippen LogP contribution in [0.3, 0.4) is 0 Å². The Kier molecular flexibility index (Phi) is 4.44. The van der Waals surface area contributed by atoms with Crippen molar-refractivity contribution in [3.05, 3.63) is 47.2 Å². The van der Waals surface area contributed by atoms with Crippen LogP contribution in [-0.2, 0) is 18.3 Å². The summed E-state index contributed by atoms with van der Waals surface area (Å²) >= 11 is 7.49. The van der Waals surface area contributed by atoms with Crippen LogP contribution in [0.2, 0.25) is 5.02 Å². The smallest absolute Gasteiger partial charge is 0.149 e. The number of ketones is 1. The molecule has 0 bridgehead atoms. The molecule has 0 aliphatic carbocycles. The lowest BCUT2D eigenvalue weighted by molar-refractivity contribution is -0.116. The summed E-state index contributed by atoms with van der Waals surface area (Å²) in [5.41, 5.74) is 0.808. The number of Topliss-reactive ketones (excluding diaryl/α,β-unsaturated/α-hetero) is 1. The Balaban J connectivity index is 1.87. The van der Waals surface area contributed by atoms with E-state index in [0.717, 1.165) is 10.6 Å². The van der Waals surface area contributed by atoms with Crippen molar-refractivity contribution in [1.82, 2.24) is 9.78 Å². The molecule has 5 heteroatoms. The minimum absolute atomic E-state index is 0.151. The summed E-state index contributed by atoms with van der Waals surface area (Å²) in [6, 6.07) is 9.39. The van der Waals surface area contributed by atoms with E-state index in [2.05, 4.69) is 5.10 Å². The zero-order valence-electron chi connectivity index (χ0n) is 9.97. The maximum Gasteiger partial charge on any atom is 0.149 e. The molecule has 2 rings (SSSR count). The molecule has 1 aromatic heterocycles. The fourth-order valence-electron chi connectivity index (χ4n) is 1.53. The maximum atomic E-state index is 11.8. The van der Waals surface area contributed by atoms with Gasteiger partial charge in [-0.3, -0.25) is 9.48 Å². The van der Waals surface area contributed by atoms with Crippen molar-refractivity contribution in [1.29, 1.82) is 0 Å². The number of hydrogen-bond donors (Lipinski definition) is 0. The van der Waals surface area contributed by atoms with Crippen LogP contribution in [0.5, 0.6) is 0 Å². The second kappa shape index (κ2) is 6.07. The highest BCUT2D eigenvalue weighted by molar-refractivity contribution is 8.00. The number of halogens is 1. The highest BCUT2D eigenvalue weighted by Crippen LogP contribution is 2.26. The van der Waals surface area contributed by atoms with Crippen LogP contribution in [0.25, 0.3) is 0 Å². The monoisotopic (exact) mass is 280 g/mol. The van der Waals surface area contributed by atoms with Crippen LogP contribution in [0, 0.1) is 0 Å². The molecule has 18 heavy (non-hydrogen) atoms. The van der Waals surface area contributed by atoms with E-state index < -0.39 is 0 Å². The molecule has 0 aliphatic rings. The molecular weight excluding hydrogens is 268 g/mol. The molecule has 0 saturated carbocycles. The maximum absolute atomic E-state index is 11.8. The quantitative estimate of drug-likeness (QED) is 0.790. The van der Waals surface area contributed by atoms with E-state index in [1.54, 1.807) is 4.68 Å². The van der Waals surface area contributed by atoms with Gasteiger partial charge in [0.05, 0.1) is 22.9 Å². The Morgan fingerprint density at radius 2 is 2.17 bits per heavy atom. The van der Waals surface area contributed by atoms with Crippen LogP contribution in [0.15, 0.2) is 41.4 Å².